The van der Waals surface area contributed by atoms with Crippen molar-refractivity contribution in [3.05, 3.63) is 65.9 Å². The van der Waals surface area contributed by atoms with Crippen LogP contribution in [-0.2, 0) is 0 Å². The summed E-state index contributed by atoms with van der Waals surface area (Å²) in [4.78, 5) is 29.3. The lowest BCUT2D eigenvalue weighted by molar-refractivity contribution is 0.0942. The molecule has 1 saturated carbocycles. The molecule has 0 unspecified atom stereocenters. The number of fused-ring (bicyclic) bond motifs is 1. The first-order valence-corrected chi connectivity index (χ1v) is 9.93. The van der Waals surface area contributed by atoms with E-state index < -0.39 is 11.7 Å². The van der Waals surface area contributed by atoms with Gasteiger partial charge in [-0.25, -0.2) is 9.37 Å². The number of anilines is 1. The molecule has 2 amide bonds. The number of amides is 2. The molecule has 2 heterocycles. The van der Waals surface area contributed by atoms with Gasteiger partial charge >= 0.3 is 0 Å². The van der Waals surface area contributed by atoms with Gasteiger partial charge in [-0.2, -0.15) is 0 Å². The molecule has 150 valence electrons. The van der Waals surface area contributed by atoms with Crippen molar-refractivity contribution < 1.29 is 14.0 Å². The van der Waals surface area contributed by atoms with Crippen LogP contribution in [0.15, 0.2) is 48.8 Å². The monoisotopic (exact) mass is 394 g/mol. The Morgan fingerprint density at radius 2 is 1.93 bits per heavy atom. The molecule has 2 N–H and O–H groups in total. The van der Waals surface area contributed by atoms with Gasteiger partial charge in [0.15, 0.2) is 0 Å². The fourth-order valence-corrected chi connectivity index (χ4v) is 3.78. The standard InChI is InChI=1S/C22H23FN4O2/c23-17-10-9-16(21(28)25-13-15-6-2-1-3-7-15)12-18(17)26-22(29)19-14-24-20-8-4-5-11-27(19)20/h4-5,8-12,14-15H,1-3,6-7,13H2,(H,25,28)(H,26,29). The highest BCUT2D eigenvalue weighted by Gasteiger charge is 2.18. The quantitative estimate of drug-likeness (QED) is 0.686. The number of nitrogens with zero attached hydrogens (tertiary/aromatic N) is 2. The summed E-state index contributed by atoms with van der Waals surface area (Å²) in [6.45, 7) is 0.625. The number of carbonyl (C=O) groups is 2. The molecule has 0 bridgehead atoms. The average Bonchev–Trinajstić information content (AvgIpc) is 3.18. The van der Waals surface area contributed by atoms with Crippen LogP contribution in [0.1, 0.15) is 53.0 Å². The van der Waals surface area contributed by atoms with E-state index in [2.05, 4.69) is 15.6 Å². The molecular weight excluding hydrogens is 371 g/mol. The van der Waals surface area contributed by atoms with Gasteiger partial charge in [0.1, 0.15) is 17.2 Å². The highest BCUT2D eigenvalue weighted by molar-refractivity contribution is 6.04. The number of aromatic nitrogens is 2. The van der Waals surface area contributed by atoms with Gasteiger partial charge < -0.3 is 10.6 Å². The second-order valence-electron chi connectivity index (χ2n) is 7.44. The summed E-state index contributed by atoms with van der Waals surface area (Å²) in [7, 11) is 0. The van der Waals surface area contributed by atoms with Crippen molar-refractivity contribution in [2.45, 2.75) is 32.1 Å². The topological polar surface area (TPSA) is 75.5 Å². The van der Waals surface area contributed by atoms with Crippen LogP contribution < -0.4 is 10.6 Å². The Balaban J connectivity index is 1.46. The zero-order valence-corrected chi connectivity index (χ0v) is 16.0. The van der Waals surface area contributed by atoms with Crippen LogP contribution >= 0.6 is 0 Å². The molecule has 0 radical (unpaired) electrons. The van der Waals surface area contributed by atoms with E-state index in [1.807, 2.05) is 6.07 Å². The minimum atomic E-state index is -0.601. The van der Waals surface area contributed by atoms with Crippen LogP contribution in [-0.4, -0.2) is 27.7 Å². The van der Waals surface area contributed by atoms with Crippen LogP contribution in [0.2, 0.25) is 0 Å². The number of hydrogen-bond acceptors (Lipinski definition) is 3. The Labute approximate surface area is 168 Å². The maximum atomic E-state index is 14.3. The Kier molecular flexibility index (Phi) is 5.55. The molecule has 7 heteroatoms. The van der Waals surface area contributed by atoms with Crippen LogP contribution in [0.4, 0.5) is 10.1 Å². The van der Waals surface area contributed by atoms with Crippen molar-refractivity contribution in [2.24, 2.45) is 5.92 Å². The molecule has 3 aromatic rings. The van der Waals surface area contributed by atoms with Crippen molar-refractivity contribution >= 4 is 23.1 Å². The van der Waals surface area contributed by atoms with Gasteiger partial charge in [-0.3, -0.25) is 14.0 Å². The number of benzene rings is 1. The first kappa shape index (κ1) is 19.1. The van der Waals surface area contributed by atoms with Gasteiger partial charge in [-0.1, -0.05) is 25.3 Å². The smallest absolute Gasteiger partial charge is 0.274 e. The third-order valence-corrected chi connectivity index (χ3v) is 5.40. The predicted octanol–water partition coefficient (Wildman–Crippen LogP) is 4.04. The van der Waals surface area contributed by atoms with E-state index >= 15 is 0 Å². The number of halogens is 1. The number of pyridine rings is 1. The molecule has 1 aromatic carbocycles. The summed E-state index contributed by atoms with van der Waals surface area (Å²) in [5.74, 6) is -0.860. The lowest BCUT2D eigenvalue weighted by atomic mass is 9.89. The summed E-state index contributed by atoms with van der Waals surface area (Å²) in [5.41, 5.74) is 1.18. The number of hydrogen-bond donors (Lipinski definition) is 2. The van der Waals surface area contributed by atoms with E-state index in [1.54, 1.807) is 22.7 Å². The molecule has 2 aromatic heterocycles. The summed E-state index contributed by atoms with van der Waals surface area (Å²) in [6.07, 6.45) is 9.08. The molecule has 0 atom stereocenters. The molecule has 1 aliphatic carbocycles. The third kappa shape index (κ3) is 4.29. The van der Waals surface area contributed by atoms with Crippen LogP contribution in [0.25, 0.3) is 5.65 Å². The number of nitrogens with one attached hydrogen (secondary N) is 2. The Morgan fingerprint density at radius 3 is 2.76 bits per heavy atom. The fraction of sp³-hybridized carbons (Fsp3) is 0.318. The van der Waals surface area contributed by atoms with Crippen LogP contribution in [0, 0.1) is 11.7 Å². The van der Waals surface area contributed by atoms with E-state index in [0.717, 1.165) is 12.8 Å². The first-order chi connectivity index (χ1) is 14.1. The van der Waals surface area contributed by atoms with Gasteiger partial charge in [-0.05, 0) is 49.1 Å². The molecule has 4 rings (SSSR count). The van der Waals surface area contributed by atoms with Gasteiger partial charge in [0.25, 0.3) is 11.8 Å². The van der Waals surface area contributed by atoms with Crippen molar-refractivity contribution in [3.8, 4) is 0 Å². The molecule has 29 heavy (non-hydrogen) atoms. The fourth-order valence-electron chi connectivity index (χ4n) is 3.78. The van der Waals surface area contributed by atoms with Crippen molar-refractivity contribution in [1.29, 1.82) is 0 Å². The molecule has 6 nitrogen and oxygen atoms in total. The molecule has 0 aliphatic heterocycles. The maximum absolute atomic E-state index is 14.3. The van der Waals surface area contributed by atoms with E-state index in [-0.39, 0.29) is 17.3 Å². The van der Waals surface area contributed by atoms with Crippen molar-refractivity contribution in [3.63, 3.8) is 0 Å². The van der Waals surface area contributed by atoms with Crippen LogP contribution in [0.5, 0.6) is 0 Å². The predicted molar refractivity (Wildman–Crippen MR) is 108 cm³/mol. The lowest BCUT2D eigenvalue weighted by Gasteiger charge is -2.21. The Bertz CT molecular complexity index is 1040. The SMILES string of the molecule is O=C(NCC1CCCCC1)c1ccc(F)c(NC(=O)c2cnc3ccccn23)c1. The molecule has 0 saturated heterocycles. The second kappa shape index (κ2) is 8.43. The molecular formula is C22H23FN4O2. The van der Waals surface area contributed by atoms with Gasteiger partial charge in [0.05, 0.1) is 11.9 Å². The van der Waals surface area contributed by atoms with E-state index in [9.17, 15) is 14.0 Å². The van der Waals surface area contributed by atoms with Crippen LogP contribution in [0.3, 0.4) is 0 Å². The van der Waals surface area contributed by atoms with E-state index in [1.165, 1.54) is 43.7 Å². The summed E-state index contributed by atoms with van der Waals surface area (Å²) < 4.78 is 15.9. The molecule has 0 spiro atoms. The zero-order chi connectivity index (χ0) is 20.2. The summed E-state index contributed by atoms with van der Waals surface area (Å²) in [6, 6.07) is 9.36. The maximum Gasteiger partial charge on any atom is 0.274 e. The van der Waals surface area contributed by atoms with Gasteiger partial charge in [0.2, 0.25) is 0 Å². The third-order valence-electron chi connectivity index (χ3n) is 5.40. The first-order valence-electron chi connectivity index (χ1n) is 9.93. The normalized spacial score (nSPS) is 14.7. The van der Waals surface area contributed by atoms with E-state index in [4.69, 9.17) is 0 Å². The molecule has 1 fully saturated rings. The number of rotatable bonds is 5. The van der Waals surface area contributed by atoms with Crippen molar-refractivity contribution in [2.75, 3.05) is 11.9 Å². The highest BCUT2D eigenvalue weighted by atomic mass is 19.1. The minimum Gasteiger partial charge on any atom is -0.352 e. The van der Waals surface area contributed by atoms with Gasteiger partial charge in [0, 0.05) is 18.3 Å². The number of imidazole rings is 1. The Hall–Kier alpha value is -3.22. The lowest BCUT2D eigenvalue weighted by Crippen LogP contribution is -2.30. The minimum absolute atomic E-state index is 0.0359. The Morgan fingerprint density at radius 1 is 1.10 bits per heavy atom. The zero-order valence-electron chi connectivity index (χ0n) is 16.0. The summed E-state index contributed by atoms with van der Waals surface area (Å²) >= 11 is 0. The largest absolute Gasteiger partial charge is 0.352 e. The highest BCUT2D eigenvalue weighted by Crippen LogP contribution is 2.23. The van der Waals surface area contributed by atoms with Gasteiger partial charge in [-0.15, -0.1) is 0 Å². The molecule has 1 aliphatic rings. The number of carbonyl (C=O) groups excluding carboxylic acids is 2. The van der Waals surface area contributed by atoms with E-state index in [0.29, 0.717) is 23.7 Å². The average molecular weight is 394 g/mol. The summed E-state index contributed by atoms with van der Waals surface area (Å²) in [5, 5.41) is 5.48. The van der Waals surface area contributed by atoms with Crippen molar-refractivity contribution in [1.82, 2.24) is 14.7 Å². The second-order valence-corrected chi connectivity index (χ2v) is 7.44.